The van der Waals surface area contributed by atoms with Gasteiger partial charge in [0.15, 0.2) is 0 Å². The largest absolute Gasteiger partial charge is 0.470 e. The van der Waals surface area contributed by atoms with Gasteiger partial charge in [0, 0.05) is 113 Å². The zero-order valence-electron chi connectivity index (χ0n) is 55.9. The highest BCUT2D eigenvalue weighted by Gasteiger charge is 2.13. The molecule has 0 amide bonds. The van der Waals surface area contributed by atoms with Gasteiger partial charge in [-0.2, -0.15) is 10.2 Å². The summed E-state index contributed by atoms with van der Waals surface area (Å²) in [7, 11) is 0. The number of allylic oxidation sites excluding steroid dienone is 3. The van der Waals surface area contributed by atoms with Crippen LogP contribution in [0.1, 0.15) is 117 Å². The molecule has 17 nitrogen and oxygen atoms in total. The van der Waals surface area contributed by atoms with Crippen molar-refractivity contribution in [3.63, 3.8) is 0 Å². The Morgan fingerprint density at radius 2 is 1.29 bits per heavy atom. The molecular formula is C73H89N15O2S3. The Hall–Kier alpha value is -9.37. The van der Waals surface area contributed by atoms with Crippen molar-refractivity contribution in [3.05, 3.63) is 277 Å². The van der Waals surface area contributed by atoms with Crippen molar-refractivity contribution in [2.75, 3.05) is 6.54 Å². The van der Waals surface area contributed by atoms with E-state index in [0.717, 1.165) is 70.0 Å². The normalized spacial score (nSPS) is 12.3. The number of aliphatic imine (C=N–C) groups is 1. The number of hydrogen-bond acceptors (Lipinski definition) is 16. The fourth-order valence-electron chi connectivity index (χ4n) is 8.75. The van der Waals surface area contributed by atoms with Crippen LogP contribution in [0.15, 0.2) is 230 Å². The smallest absolute Gasteiger partial charge is 0.233 e. The number of hydrogen-bond donors (Lipinski definition) is 0. The van der Waals surface area contributed by atoms with E-state index in [9.17, 15) is 0 Å². The van der Waals surface area contributed by atoms with Crippen LogP contribution < -0.4 is 0 Å². The molecule has 93 heavy (non-hydrogen) atoms. The maximum Gasteiger partial charge on any atom is 0.233 e. The van der Waals surface area contributed by atoms with Gasteiger partial charge >= 0.3 is 0 Å². The number of aromatic nitrogens is 12. The first-order chi connectivity index (χ1) is 45.1. The Labute approximate surface area is 560 Å². The summed E-state index contributed by atoms with van der Waals surface area (Å²) in [5, 5.41) is 14.3. The predicted molar refractivity (Wildman–Crippen MR) is 383 cm³/mol. The average Bonchev–Trinajstić information content (AvgIpc) is 1.90. The zero-order valence-corrected chi connectivity index (χ0v) is 58.3. The van der Waals surface area contributed by atoms with E-state index in [0.29, 0.717) is 0 Å². The number of furan rings is 1. The summed E-state index contributed by atoms with van der Waals surface area (Å²) in [6, 6.07) is 33.9. The third kappa shape index (κ3) is 28.8. The molecule has 1 aromatic carbocycles. The molecule has 12 aromatic heterocycles. The molecular weight excluding hydrogens is 1220 g/mol. The van der Waals surface area contributed by atoms with Gasteiger partial charge in [-0.25, -0.2) is 29.9 Å². The molecule has 0 spiro atoms. The number of imidazole rings is 4. The van der Waals surface area contributed by atoms with Gasteiger partial charge in [0.1, 0.15) is 29.1 Å². The van der Waals surface area contributed by atoms with Crippen molar-refractivity contribution in [3.8, 4) is 0 Å². The van der Waals surface area contributed by atoms with Crippen LogP contribution >= 0.6 is 34.0 Å². The van der Waals surface area contributed by atoms with Crippen LogP contribution in [0.25, 0.3) is 17.1 Å². The van der Waals surface area contributed by atoms with Gasteiger partial charge < -0.3 is 22.3 Å². The first-order valence-electron chi connectivity index (χ1n) is 31.1. The van der Waals surface area contributed by atoms with Crippen molar-refractivity contribution in [2.45, 2.75) is 141 Å². The minimum absolute atomic E-state index is 0.764. The molecule has 0 fully saturated rings. The highest BCUT2D eigenvalue weighted by atomic mass is 32.1. The van der Waals surface area contributed by atoms with Crippen molar-refractivity contribution in [1.82, 2.24) is 57.8 Å². The molecule has 486 valence electrons. The van der Waals surface area contributed by atoms with Gasteiger partial charge in [0.2, 0.25) is 5.78 Å². The lowest BCUT2D eigenvalue weighted by molar-refractivity contribution is 0.415. The Kier molecular flexibility index (Phi) is 32.2. The van der Waals surface area contributed by atoms with Crippen molar-refractivity contribution >= 4 is 57.3 Å². The SMILES string of the molecule is CC1=CCC=N1.CC1=CCN=N1.Cc1ccccc1.Cc1ccco1.Cc1cccs1.Cc1ccon1.Cc1cn2c(n1)CCCC2.Cc1cn2ccccc2n1.Cc1cn2cccnc2n1.Cc1cnc2ccccn12.Cc1cncs1.Cc1nc2c(s1)CCCC2. The lowest BCUT2D eigenvalue weighted by Gasteiger charge is -2.11. The standard InChI is InChI=1S/C8H12N2.2C8H8N2.C8H11NS.C7H7N3.C7H8.C5H7N.C5H6O.C5H6S.C4H6N2.C4H5NO.C4H5NS/c2*1-7-6-10-5-3-2-4-8(10)9-7;1-7-6-9-8-4-2-3-5-10(7)8;1-6-9-7-4-2-3-5-8(7)10-6;1-6-5-10-4-2-3-8-7(10)9-6;1-7-5-3-2-4-6-7;3*1-5-3-2-4-6-5;1-4-2-3-5-6-4;1-4-2-3-6-5-4;1-4-2-5-3-6-4/h6H,2-5H2,1H3;2*2-6H,1H3;2-5H2,1H3;2-5H,1H3;2-6H,1H3;3-4H,2H2,1H3;2*2-4H,1H3;2H,3H2,1H3;2*2-3H,1H3. The Balaban J connectivity index is 0.000000162. The van der Waals surface area contributed by atoms with E-state index >= 15 is 0 Å². The third-order valence-corrected chi connectivity index (χ3v) is 15.9. The first kappa shape index (κ1) is 72.7. The molecule has 0 N–H and O–H groups in total. The van der Waals surface area contributed by atoms with E-state index < -0.39 is 0 Å². The number of aryl methyl sites for hydroxylation is 14. The summed E-state index contributed by atoms with van der Waals surface area (Å²) in [6.07, 6.45) is 36.8. The number of benzene rings is 1. The van der Waals surface area contributed by atoms with Crippen LogP contribution in [-0.4, -0.2) is 70.6 Å². The summed E-state index contributed by atoms with van der Waals surface area (Å²) in [4.78, 5) is 37.6. The quantitative estimate of drug-likeness (QED) is 0.141. The number of rotatable bonds is 0. The second-order valence-electron chi connectivity index (χ2n) is 21.7. The van der Waals surface area contributed by atoms with E-state index in [4.69, 9.17) is 4.42 Å². The highest BCUT2D eigenvalue weighted by molar-refractivity contribution is 7.11. The van der Waals surface area contributed by atoms with Gasteiger partial charge in [-0.3, -0.25) is 14.4 Å². The minimum Gasteiger partial charge on any atom is -0.470 e. The summed E-state index contributed by atoms with van der Waals surface area (Å²) in [5.41, 5.74) is 14.1. The molecule has 13 aromatic rings. The van der Waals surface area contributed by atoms with E-state index in [1.807, 2.05) is 210 Å². The van der Waals surface area contributed by atoms with Crippen LogP contribution in [0, 0.1) is 69.2 Å². The molecule has 17 rings (SSSR count). The fraction of sp³-hybridized carbons (Fsp3) is 0.301. The van der Waals surface area contributed by atoms with Crippen molar-refractivity contribution in [1.29, 1.82) is 0 Å². The van der Waals surface area contributed by atoms with Crippen molar-refractivity contribution < 1.29 is 8.94 Å². The van der Waals surface area contributed by atoms with E-state index in [-0.39, 0.29) is 0 Å². The Morgan fingerprint density at radius 1 is 0.548 bits per heavy atom. The number of thiophene rings is 1. The summed E-state index contributed by atoms with van der Waals surface area (Å²) >= 11 is 5.32. The number of azo groups is 1. The minimum atomic E-state index is 0.764. The lowest BCUT2D eigenvalue weighted by atomic mass is 10.0. The number of thiazole rings is 2. The van der Waals surface area contributed by atoms with Crippen LogP contribution in [0.5, 0.6) is 0 Å². The zero-order chi connectivity index (χ0) is 66.4. The summed E-state index contributed by atoms with van der Waals surface area (Å²) < 4.78 is 17.5. The maximum atomic E-state index is 4.83. The molecule has 0 atom stereocenters. The molecule has 0 unspecified atom stereocenters. The lowest BCUT2D eigenvalue weighted by Crippen LogP contribution is -2.08. The van der Waals surface area contributed by atoms with E-state index in [1.165, 1.54) is 89.0 Å². The monoisotopic (exact) mass is 1300 g/mol. The van der Waals surface area contributed by atoms with Gasteiger partial charge in [0.05, 0.1) is 57.5 Å². The van der Waals surface area contributed by atoms with Crippen LogP contribution in [0.2, 0.25) is 0 Å². The van der Waals surface area contributed by atoms with Crippen molar-refractivity contribution in [2.24, 2.45) is 15.2 Å². The summed E-state index contributed by atoms with van der Waals surface area (Å²) in [6.45, 7) is 26.1. The molecule has 0 saturated carbocycles. The van der Waals surface area contributed by atoms with E-state index in [2.05, 4.69) is 138 Å². The third-order valence-electron chi connectivity index (χ3n) is 13.3. The second-order valence-corrected chi connectivity index (χ2v) is 25.2. The maximum absolute atomic E-state index is 4.83. The average molecular weight is 1300 g/mol. The Bertz CT molecular complexity index is 3800. The van der Waals surface area contributed by atoms with Gasteiger partial charge in [-0.05, 0) is 182 Å². The molecule has 1 aliphatic carbocycles. The molecule has 0 saturated heterocycles. The molecule has 3 aliphatic heterocycles. The van der Waals surface area contributed by atoms with Crippen LogP contribution in [0.4, 0.5) is 0 Å². The van der Waals surface area contributed by atoms with Gasteiger partial charge in [0.25, 0.3) is 0 Å². The highest BCUT2D eigenvalue weighted by Crippen LogP contribution is 2.26. The number of pyridine rings is 2. The van der Waals surface area contributed by atoms with Gasteiger partial charge in [-0.1, -0.05) is 65.3 Å². The molecule has 20 heteroatoms. The number of fused-ring (bicyclic) bond motifs is 5. The number of nitrogens with zero attached hydrogens (tertiary/aromatic N) is 15. The predicted octanol–water partition coefficient (Wildman–Crippen LogP) is 19.0. The molecule has 4 aliphatic rings. The van der Waals surface area contributed by atoms with Crippen LogP contribution in [-0.2, 0) is 25.8 Å². The van der Waals surface area contributed by atoms with Crippen LogP contribution in [0.3, 0.4) is 0 Å². The fourth-order valence-corrected chi connectivity index (χ4v) is 10.7. The first-order valence-corrected chi connectivity index (χ1v) is 33.7. The van der Waals surface area contributed by atoms with Gasteiger partial charge in [-0.15, -0.1) is 34.0 Å². The molecule has 0 radical (unpaired) electrons. The molecule has 0 bridgehead atoms. The summed E-state index contributed by atoms with van der Waals surface area (Å²) in [5.74, 6) is 3.01. The molecule has 15 heterocycles. The topological polar surface area (TPSA) is 185 Å². The Morgan fingerprint density at radius 3 is 1.80 bits per heavy atom. The second kappa shape index (κ2) is 41.2. The van der Waals surface area contributed by atoms with E-state index in [1.54, 1.807) is 52.3 Å².